The van der Waals surface area contributed by atoms with Crippen LogP contribution in [-0.2, 0) is 11.8 Å². The van der Waals surface area contributed by atoms with Gasteiger partial charge in [-0.05, 0) is 24.5 Å². The van der Waals surface area contributed by atoms with Crippen molar-refractivity contribution in [1.82, 2.24) is 14.5 Å². The fourth-order valence-electron chi connectivity index (χ4n) is 2.78. The molecule has 8 nitrogen and oxygen atoms in total. The number of amides is 2. The topological polar surface area (TPSA) is 93.5 Å². The van der Waals surface area contributed by atoms with E-state index in [-0.39, 0.29) is 11.6 Å². The van der Waals surface area contributed by atoms with Crippen LogP contribution in [0.1, 0.15) is 20.7 Å². The Kier molecular flexibility index (Phi) is 5.92. The summed E-state index contributed by atoms with van der Waals surface area (Å²) in [6.45, 7) is 1.96. The smallest absolute Gasteiger partial charge is 0.274 e. The second kappa shape index (κ2) is 8.36. The molecular formula is C18H20N4O4S. The molecule has 0 aliphatic carbocycles. The van der Waals surface area contributed by atoms with Gasteiger partial charge < -0.3 is 19.5 Å². The lowest BCUT2D eigenvalue weighted by Crippen LogP contribution is -2.41. The highest BCUT2D eigenvalue weighted by Crippen LogP contribution is 2.18. The van der Waals surface area contributed by atoms with Gasteiger partial charge in [0.05, 0.1) is 24.3 Å². The minimum absolute atomic E-state index is 0.0533. The summed E-state index contributed by atoms with van der Waals surface area (Å²) < 4.78 is 6.56. The molecule has 9 heteroatoms. The summed E-state index contributed by atoms with van der Waals surface area (Å²) in [5, 5.41) is 3.18. The Labute approximate surface area is 160 Å². The number of aryl methyl sites for hydroxylation is 1. The Bertz CT molecular complexity index is 922. The standard InChI is InChI=1S/C18H20N4O4S/c1-21-11-12(17(24)22-6-8-26-9-7-22)10-14(18(21)25)20-15(23)13-4-3-5-19-16(13)27-2/h3-5,10-11H,6-9H2,1-2H3,(H,20,23). The van der Waals surface area contributed by atoms with Gasteiger partial charge in [-0.25, -0.2) is 4.98 Å². The molecule has 3 rings (SSSR count). The number of carbonyl (C=O) groups excluding carboxylic acids is 2. The largest absolute Gasteiger partial charge is 0.378 e. The van der Waals surface area contributed by atoms with Crippen LogP contribution in [0.25, 0.3) is 0 Å². The molecule has 1 N–H and O–H groups in total. The zero-order valence-electron chi connectivity index (χ0n) is 15.1. The quantitative estimate of drug-likeness (QED) is 0.792. The Balaban J connectivity index is 1.89. The first kappa shape index (κ1) is 19.1. The lowest BCUT2D eigenvalue weighted by Gasteiger charge is -2.27. The molecule has 0 spiro atoms. The normalized spacial score (nSPS) is 14.1. The lowest BCUT2D eigenvalue weighted by molar-refractivity contribution is 0.0302. The van der Waals surface area contributed by atoms with Crippen molar-refractivity contribution < 1.29 is 14.3 Å². The van der Waals surface area contributed by atoms with Crippen molar-refractivity contribution in [3.05, 3.63) is 52.1 Å². The molecule has 142 valence electrons. The van der Waals surface area contributed by atoms with Crippen LogP contribution < -0.4 is 10.9 Å². The van der Waals surface area contributed by atoms with E-state index in [1.165, 1.54) is 28.6 Å². The number of thioether (sulfide) groups is 1. The Morgan fingerprint density at radius 1 is 1.30 bits per heavy atom. The van der Waals surface area contributed by atoms with E-state index in [1.54, 1.807) is 30.3 Å². The van der Waals surface area contributed by atoms with Gasteiger partial charge in [-0.3, -0.25) is 14.4 Å². The van der Waals surface area contributed by atoms with Gasteiger partial charge in [0.15, 0.2) is 0 Å². The number of carbonyl (C=O) groups is 2. The third kappa shape index (κ3) is 4.20. The number of aromatic nitrogens is 2. The fourth-order valence-corrected chi connectivity index (χ4v) is 3.33. The van der Waals surface area contributed by atoms with E-state index in [4.69, 9.17) is 4.74 Å². The number of rotatable bonds is 4. The second-order valence-corrected chi connectivity index (χ2v) is 6.77. The first-order valence-corrected chi connectivity index (χ1v) is 9.62. The van der Waals surface area contributed by atoms with Crippen molar-refractivity contribution in [3.8, 4) is 0 Å². The van der Waals surface area contributed by atoms with Gasteiger partial charge in [0, 0.05) is 32.5 Å². The van der Waals surface area contributed by atoms with Gasteiger partial charge in [0.25, 0.3) is 17.4 Å². The van der Waals surface area contributed by atoms with Crippen LogP contribution in [0.4, 0.5) is 5.69 Å². The van der Waals surface area contributed by atoms with E-state index in [9.17, 15) is 14.4 Å². The predicted octanol–water partition coefficient (Wildman–Crippen LogP) is 1.23. The van der Waals surface area contributed by atoms with E-state index in [1.807, 2.05) is 6.26 Å². The number of hydrogen-bond acceptors (Lipinski definition) is 6. The van der Waals surface area contributed by atoms with E-state index in [0.717, 1.165) is 0 Å². The summed E-state index contributed by atoms with van der Waals surface area (Å²) in [5.41, 5.74) is 0.372. The molecule has 27 heavy (non-hydrogen) atoms. The van der Waals surface area contributed by atoms with Crippen LogP contribution in [0.5, 0.6) is 0 Å². The Morgan fingerprint density at radius 3 is 2.74 bits per heavy atom. The predicted molar refractivity (Wildman–Crippen MR) is 102 cm³/mol. The monoisotopic (exact) mass is 388 g/mol. The zero-order valence-corrected chi connectivity index (χ0v) is 15.9. The van der Waals surface area contributed by atoms with Crippen molar-refractivity contribution in [2.24, 2.45) is 7.05 Å². The maximum Gasteiger partial charge on any atom is 0.274 e. The number of anilines is 1. The van der Waals surface area contributed by atoms with Gasteiger partial charge in [0.2, 0.25) is 0 Å². The highest BCUT2D eigenvalue weighted by Gasteiger charge is 2.21. The molecule has 2 amide bonds. The van der Waals surface area contributed by atoms with E-state index in [0.29, 0.717) is 42.5 Å². The SMILES string of the molecule is CSc1ncccc1C(=O)Nc1cc(C(=O)N2CCOCC2)cn(C)c1=O. The van der Waals surface area contributed by atoms with Crippen LogP contribution in [0.3, 0.4) is 0 Å². The minimum Gasteiger partial charge on any atom is -0.378 e. The molecular weight excluding hydrogens is 368 g/mol. The van der Waals surface area contributed by atoms with Crippen molar-refractivity contribution in [2.75, 3.05) is 37.9 Å². The van der Waals surface area contributed by atoms with Gasteiger partial charge in [-0.15, -0.1) is 11.8 Å². The maximum atomic E-state index is 12.7. The van der Waals surface area contributed by atoms with E-state index < -0.39 is 11.5 Å². The fraction of sp³-hybridized carbons (Fsp3) is 0.333. The van der Waals surface area contributed by atoms with Crippen molar-refractivity contribution in [2.45, 2.75) is 5.03 Å². The van der Waals surface area contributed by atoms with Crippen LogP contribution in [-0.4, -0.2) is 58.8 Å². The summed E-state index contributed by atoms with van der Waals surface area (Å²) in [6, 6.07) is 4.72. The molecule has 0 saturated carbocycles. The van der Waals surface area contributed by atoms with E-state index in [2.05, 4.69) is 10.3 Å². The summed E-state index contributed by atoms with van der Waals surface area (Å²) in [7, 11) is 1.55. The third-order valence-corrected chi connectivity index (χ3v) is 4.90. The third-order valence-electron chi connectivity index (χ3n) is 4.19. The van der Waals surface area contributed by atoms with Crippen LogP contribution >= 0.6 is 11.8 Å². The highest BCUT2D eigenvalue weighted by molar-refractivity contribution is 7.98. The van der Waals surface area contributed by atoms with E-state index >= 15 is 0 Å². The molecule has 2 aromatic rings. The van der Waals surface area contributed by atoms with Crippen molar-refractivity contribution >= 4 is 29.3 Å². The molecule has 3 heterocycles. The van der Waals surface area contributed by atoms with Crippen LogP contribution in [0.15, 0.2) is 40.4 Å². The number of nitrogens with one attached hydrogen (secondary N) is 1. The van der Waals surface area contributed by atoms with Crippen molar-refractivity contribution in [3.63, 3.8) is 0 Å². The number of morpholine rings is 1. The molecule has 1 fully saturated rings. The van der Waals surface area contributed by atoms with Gasteiger partial charge in [-0.1, -0.05) is 0 Å². The van der Waals surface area contributed by atoms with Gasteiger partial charge >= 0.3 is 0 Å². The molecule has 1 aliphatic heterocycles. The average Bonchev–Trinajstić information content (AvgIpc) is 2.71. The minimum atomic E-state index is -0.444. The first-order chi connectivity index (χ1) is 13.0. The molecule has 0 unspecified atom stereocenters. The average molecular weight is 388 g/mol. The number of ether oxygens (including phenoxy) is 1. The number of pyridine rings is 2. The Hall–Kier alpha value is -2.65. The summed E-state index contributed by atoms with van der Waals surface area (Å²) >= 11 is 1.34. The zero-order chi connectivity index (χ0) is 19.4. The molecule has 0 aromatic carbocycles. The maximum absolute atomic E-state index is 12.7. The lowest BCUT2D eigenvalue weighted by atomic mass is 10.2. The van der Waals surface area contributed by atoms with Crippen LogP contribution in [0, 0.1) is 0 Å². The first-order valence-electron chi connectivity index (χ1n) is 8.39. The number of nitrogens with zero attached hydrogens (tertiary/aromatic N) is 3. The molecule has 2 aromatic heterocycles. The highest BCUT2D eigenvalue weighted by atomic mass is 32.2. The molecule has 1 aliphatic rings. The molecule has 0 bridgehead atoms. The molecule has 1 saturated heterocycles. The van der Waals surface area contributed by atoms with Crippen molar-refractivity contribution in [1.29, 1.82) is 0 Å². The number of hydrogen-bond donors (Lipinski definition) is 1. The molecule has 0 radical (unpaired) electrons. The Morgan fingerprint density at radius 2 is 2.04 bits per heavy atom. The summed E-state index contributed by atoms with van der Waals surface area (Å²) in [6.07, 6.45) is 4.90. The van der Waals surface area contributed by atoms with Gasteiger partial charge in [-0.2, -0.15) is 0 Å². The van der Waals surface area contributed by atoms with Gasteiger partial charge in [0.1, 0.15) is 10.7 Å². The second-order valence-electron chi connectivity index (χ2n) is 5.98. The molecule has 0 atom stereocenters. The summed E-state index contributed by atoms with van der Waals surface area (Å²) in [5.74, 6) is -0.642. The van der Waals surface area contributed by atoms with Crippen LogP contribution in [0.2, 0.25) is 0 Å². The summed E-state index contributed by atoms with van der Waals surface area (Å²) in [4.78, 5) is 43.6.